The van der Waals surface area contributed by atoms with Crippen molar-refractivity contribution in [1.82, 2.24) is 20.0 Å². The average molecular weight is 306 g/mol. The number of likely N-dealkylation sites (N-methyl/N-ethyl adjacent to an activating group) is 3. The summed E-state index contributed by atoms with van der Waals surface area (Å²) >= 11 is 0. The predicted molar refractivity (Wildman–Crippen MR) is 81.2 cm³/mol. The number of carboxylic acids is 1. The highest BCUT2D eigenvalue weighted by molar-refractivity contribution is 5.69. The highest BCUT2D eigenvalue weighted by atomic mass is 16.5. The van der Waals surface area contributed by atoms with Crippen LogP contribution in [0.4, 0.5) is 0 Å². The Bertz CT molecular complexity index is 279. The smallest absolute Gasteiger partial charge is 0.317 e. The van der Waals surface area contributed by atoms with Crippen LogP contribution >= 0.6 is 0 Å². The summed E-state index contributed by atoms with van der Waals surface area (Å²) in [6.45, 7) is 4.59. The van der Waals surface area contributed by atoms with E-state index in [1.165, 1.54) is 0 Å². The first-order valence-electron chi connectivity index (χ1n) is 7.17. The summed E-state index contributed by atoms with van der Waals surface area (Å²) in [6, 6.07) is 0. The average Bonchev–Trinajstić information content (AvgIpc) is 2.38. The minimum atomic E-state index is -1.37. The molecule has 0 aliphatic heterocycles. The molecule has 0 atom stereocenters. The zero-order valence-electron chi connectivity index (χ0n) is 13.3. The Hall–Kier alpha value is -0.770. The second kappa shape index (κ2) is 11.8. The molecule has 0 aromatic rings. The Kier molecular flexibility index (Phi) is 11.4. The van der Waals surface area contributed by atoms with Gasteiger partial charge in [-0.05, 0) is 21.1 Å². The van der Waals surface area contributed by atoms with E-state index in [0.717, 1.165) is 19.6 Å². The molecule has 0 aromatic heterocycles. The topological polar surface area (TPSA) is 99.5 Å². The van der Waals surface area contributed by atoms with Gasteiger partial charge in [0.25, 0.3) is 0 Å². The summed E-state index contributed by atoms with van der Waals surface area (Å²) in [5.41, 5.74) is 0. The van der Waals surface area contributed by atoms with Crippen LogP contribution in [0.2, 0.25) is 0 Å². The maximum absolute atomic E-state index is 10.9. The van der Waals surface area contributed by atoms with Crippen LogP contribution < -0.4 is 5.32 Å². The number of nitrogens with zero attached hydrogens (tertiary/aromatic N) is 3. The third-order valence-corrected chi connectivity index (χ3v) is 3.17. The quantitative estimate of drug-likeness (QED) is 0.284. The van der Waals surface area contributed by atoms with Crippen LogP contribution in [0.15, 0.2) is 0 Å². The molecule has 0 heterocycles. The van der Waals surface area contributed by atoms with E-state index in [0.29, 0.717) is 19.6 Å². The van der Waals surface area contributed by atoms with Gasteiger partial charge in [0, 0.05) is 45.8 Å². The predicted octanol–water partition coefficient (Wildman–Crippen LogP) is -2.23. The number of aliphatic hydroxyl groups excluding tert-OH is 1. The number of carbonyl (C=O) groups is 1. The SMILES string of the molecule is CNCCN(C)CCN(CCN(C)CC(O)O)CC(=O)O. The summed E-state index contributed by atoms with van der Waals surface area (Å²) in [5, 5.41) is 29.8. The van der Waals surface area contributed by atoms with Crippen LogP contribution in [-0.4, -0.2) is 116 Å². The molecule has 0 aromatic carbocycles. The Morgan fingerprint density at radius 2 is 1.62 bits per heavy atom. The first-order valence-corrected chi connectivity index (χ1v) is 7.17. The first kappa shape index (κ1) is 20.2. The van der Waals surface area contributed by atoms with Crippen molar-refractivity contribution >= 4 is 5.97 Å². The molecule has 0 aliphatic carbocycles. The summed E-state index contributed by atoms with van der Waals surface area (Å²) in [7, 11) is 5.68. The minimum Gasteiger partial charge on any atom is -0.480 e. The van der Waals surface area contributed by atoms with Crippen molar-refractivity contribution < 1.29 is 20.1 Å². The minimum absolute atomic E-state index is 0.00458. The third kappa shape index (κ3) is 12.7. The molecule has 0 aliphatic rings. The van der Waals surface area contributed by atoms with Gasteiger partial charge in [0.2, 0.25) is 0 Å². The van der Waals surface area contributed by atoms with Gasteiger partial charge in [-0.2, -0.15) is 0 Å². The van der Waals surface area contributed by atoms with Gasteiger partial charge in [-0.3, -0.25) is 9.69 Å². The lowest BCUT2D eigenvalue weighted by Crippen LogP contribution is -2.42. The second-order valence-corrected chi connectivity index (χ2v) is 5.32. The van der Waals surface area contributed by atoms with E-state index in [1.54, 1.807) is 11.9 Å². The Morgan fingerprint density at radius 3 is 2.10 bits per heavy atom. The lowest BCUT2D eigenvalue weighted by atomic mass is 10.4. The molecule has 0 spiro atoms. The number of rotatable bonds is 13. The molecule has 0 rings (SSSR count). The van der Waals surface area contributed by atoms with Crippen molar-refractivity contribution in [3.63, 3.8) is 0 Å². The number of hydrogen-bond donors (Lipinski definition) is 4. The van der Waals surface area contributed by atoms with Crippen LogP contribution in [0, 0.1) is 0 Å². The monoisotopic (exact) mass is 306 g/mol. The van der Waals surface area contributed by atoms with Gasteiger partial charge in [0.1, 0.15) is 0 Å². The summed E-state index contributed by atoms with van der Waals surface area (Å²) < 4.78 is 0. The lowest BCUT2D eigenvalue weighted by molar-refractivity contribution is -0.138. The molecule has 0 saturated heterocycles. The number of aliphatic carboxylic acids is 1. The van der Waals surface area contributed by atoms with Gasteiger partial charge in [0.05, 0.1) is 6.54 Å². The molecule has 126 valence electrons. The summed E-state index contributed by atoms with van der Waals surface area (Å²) in [4.78, 5) is 16.7. The van der Waals surface area contributed by atoms with E-state index in [9.17, 15) is 4.79 Å². The van der Waals surface area contributed by atoms with Crippen molar-refractivity contribution in [3.8, 4) is 0 Å². The molecular formula is C13H30N4O4. The van der Waals surface area contributed by atoms with Gasteiger partial charge < -0.3 is 30.4 Å². The van der Waals surface area contributed by atoms with Crippen LogP contribution in [0.1, 0.15) is 0 Å². The van der Waals surface area contributed by atoms with Crippen molar-refractivity contribution in [2.24, 2.45) is 0 Å². The number of aliphatic hydroxyl groups is 2. The van der Waals surface area contributed by atoms with Crippen LogP contribution in [-0.2, 0) is 4.79 Å². The van der Waals surface area contributed by atoms with Crippen molar-refractivity contribution in [2.45, 2.75) is 6.29 Å². The Balaban J connectivity index is 4.10. The zero-order chi connectivity index (χ0) is 16.3. The fourth-order valence-corrected chi connectivity index (χ4v) is 1.87. The van der Waals surface area contributed by atoms with Crippen molar-refractivity contribution in [1.29, 1.82) is 0 Å². The molecule has 21 heavy (non-hydrogen) atoms. The maximum Gasteiger partial charge on any atom is 0.317 e. The standard InChI is InChI=1S/C13H30N4O4/c1-14-4-5-15(2)6-8-17(11-13(20)21)9-7-16(3)10-12(18)19/h12,14,18-19H,4-11H2,1-3H3,(H,20,21). The fourth-order valence-electron chi connectivity index (χ4n) is 1.87. The summed E-state index contributed by atoms with van der Waals surface area (Å²) in [5.74, 6) is -0.849. The van der Waals surface area contributed by atoms with Gasteiger partial charge >= 0.3 is 5.97 Å². The highest BCUT2D eigenvalue weighted by Crippen LogP contribution is 1.94. The molecule has 0 saturated carbocycles. The third-order valence-electron chi connectivity index (χ3n) is 3.17. The van der Waals surface area contributed by atoms with E-state index < -0.39 is 12.3 Å². The molecular weight excluding hydrogens is 276 g/mol. The highest BCUT2D eigenvalue weighted by Gasteiger charge is 2.12. The van der Waals surface area contributed by atoms with Crippen LogP contribution in [0.5, 0.6) is 0 Å². The summed E-state index contributed by atoms with van der Waals surface area (Å²) in [6.07, 6.45) is -1.37. The molecule has 0 unspecified atom stereocenters. The molecule has 0 fully saturated rings. The Labute approximate surface area is 126 Å². The van der Waals surface area contributed by atoms with E-state index >= 15 is 0 Å². The van der Waals surface area contributed by atoms with Crippen LogP contribution in [0.25, 0.3) is 0 Å². The molecule has 8 nitrogen and oxygen atoms in total. The molecule has 8 heteroatoms. The van der Waals surface area contributed by atoms with E-state index in [2.05, 4.69) is 10.2 Å². The van der Waals surface area contributed by atoms with E-state index in [-0.39, 0.29) is 13.1 Å². The maximum atomic E-state index is 10.9. The molecule has 0 radical (unpaired) electrons. The number of carboxylic acid groups (broad SMARTS) is 1. The molecule has 0 bridgehead atoms. The first-order chi connectivity index (χ1) is 9.85. The van der Waals surface area contributed by atoms with Gasteiger partial charge in [-0.25, -0.2) is 0 Å². The van der Waals surface area contributed by atoms with E-state index in [1.807, 2.05) is 19.0 Å². The number of nitrogens with one attached hydrogen (secondary N) is 1. The van der Waals surface area contributed by atoms with Crippen molar-refractivity contribution in [2.75, 3.05) is 73.5 Å². The van der Waals surface area contributed by atoms with Gasteiger partial charge in [-0.15, -0.1) is 0 Å². The van der Waals surface area contributed by atoms with Gasteiger partial charge in [0.15, 0.2) is 6.29 Å². The van der Waals surface area contributed by atoms with Gasteiger partial charge in [-0.1, -0.05) is 0 Å². The van der Waals surface area contributed by atoms with E-state index in [4.69, 9.17) is 15.3 Å². The molecule has 4 N–H and O–H groups in total. The second-order valence-electron chi connectivity index (χ2n) is 5.32. The number of hydrogen-bond acceptors (Lipinski definition) is 7. The van der Waals surface area contributed by atoms with Crippen LogP contribution in [0.3, 0.4) is 0 Å². The molecule has 0 amide bonds. The van der Waals surface area contributed by atoms with Crippen molar-refractivity contribution in [3.05, 3.63) is 0 Å². The zero-order valence-corrected chi connectivity index (χ0v) is 13.3. The fraction of sp³-hybridized carbons (Fsp3) is 0.923. The Morgan fingerprint density at radius 1 is 1.05 bits per heavy atom. The normalized spacial score (nSPS) is 12.0. The largest absolute Gasteiger partial charge is 0.480 e. The lowest BCUT2D eigenvalue weighted by Gasteiger charge is -2.26.